The van der Waals surface area contributed by atoms with Gasteiger partial charge in [0.25, 0.3) is 0 Å². The predicted octanol–water partition coefficient (Wildman–Crippen LogP) is 3.23. The van der Waals surface area contributed by atoms with E-state index in [0.717, 1.165) is 24.0 Å². The van der Waals surface area contributed by atoms with Crippen LogP contribution in [0.2, 0.25) is 5.02 Å². The highest BCUT2D eigenvalue weighted by atomic mass is 35.5. The van der Waals surface area contributed by atoms with E-state index in [4.69, 9.17) is 21.4 Å². The fourth-order valence-corrected chi connectivity index (χ4v) is 3.10. The van der Waals surface area contributed by atoms with Crippen molar-refractivity contribution in [1.29, 1.82) is 0 Å². The van der Waals surface area contributed by atoms with Crippen molar-refractivity contribution in [3.05, 3.63) is 40.9 Å². The lowest BCUT2D eigenvalue weighted by Crippen LogP contribution is -2.43. The largest absolute Gasteiger partial charge is 0.481 e. The summed E-state index contributed by atoms with van der Waals surface area (Å²) in [6.07, 6.45) is 2.93. The Bertz CT molecular complexity index is 623. The van der Waals surface area contributed by atoms with Crippen LogP contribution in [0.15, 0.2) is 30.3 Å². The van der Waals surface area contributed by atoms with Crippen LogP contribution in [0.3, 0.4) is 0 Å². The summed E-state index contributed by atoms with van der Waals surface area (Å²) >= 11 is 6.17. The Balaban J connectivity index is 2.17. The number of rotatable bonds is 6. The Hall–Kier alpha value is -1.85. The van der Waals surface area contributed by atoms with Crippen molar-refractivity contribution < 1.29 is 19.4 Å². The monoisotopic (exact) mass is 351 g/mol. The molecule has 2 rings (SSSR count). The van der Waals surface area contributed by atoms with E-state index in [0.29, 0.717) is 18.2 Å². The van der Waals surface area contributed by atoms with Gasteiger partial charge in [-0.3, -0.25) is 9.59 Å². The smallest absolute Gasteiger partial charge is 0.305 e. The number of carbonyl (C=O) groups excluding carboxylic acids is 1. The fourth-order valence-electron chi connectivity index (χ4n) is 2.81. The fraction of sp³-hybridized carbons (Fsp3) is 0.444. The number of nitrogens with zero attached hydrogens (tertiary/aromatic N) is 1. The lowest BCUT2D eigenvalue weighted by molar-refractivity contribution is -0.138. The molecule has 1 N–H and O–H groups in total. The predicted molar refractivity (Wildman–Crippen MR) is 92.9 cm³/mol. The van der Waals surface area contributed by atoms with Gasteiger partial charge in [-0.25, -0.2) is 0 Å². The van der Waals surface area contributed by atoms with E-state index in [-0.39, 0.29) is 24.9 Å². The van der Waals surface area contributed by atoms with Crippen molar-refractivity contribution in [3.63, 3.8) is 0 Å². The number of carboxylic acid groups (broad SMARTS) is 1. The van der Waals surface area contributed by atoms with Crippen LogP contribution in [0.4, 0.5) is 0 Å². The average Bonchev–Trinajstić information content (AvgIpc) is 2.56. The minimum Gasteiger partial charge on any atom is -0.481 e. The molecule has 0 atom stereocenters. The van der Waals surface area contributed by atoms with E-state index in [9.17, 15) is 9.59 Å². The molecule has 0 unspecified atom stereocenters. The summed E-state index contributed by atoms with van der Waals surface area (Å²) in [6.45, 7) is 3.22. The van der Waals surface area contributed by atoms with E-state index in [2.05, 4.69) is 0 Å². The number of carboxylic acids is 1. The van der Waals surface area contributed by atoms with E-state index in [1.165, 1.54) is 0 Å². The minimum absolute atomic E-state index is 0.0147. The highest BCUT2D eigenvalue weighted by Crippen LogP contribution is 2.24. The van der Waals surface area contributed by atoms with Crippen molar-refractivity contribution in [1.82, 2.24) is 4.90 Å². The van der Waals surface area contributed by atoms with Crippen molar-refractivity contribution in [2.24, 2.45) is 0 Å². The van der Waals surface area contributed by atoms with E-state index in [1.54, 1.807) is 17.0 Å². The van der Waals surface area contributed by atoms with Crippen LogP contribution in [-0.4, -0.2) is 47.7 Å². The SMILES string of the molecule is CC(=CC(=O)N(CCC(=O)O)C1CCOCC1)c1ccccc1Cl. The molecule has 1 heterocycles. The maximum atomic E-state index is 12.7. The molecule has 1 aromatic rings. The Morgan fingerprint density at radius 1 is 1.33 bits per heavy atom. The Morgan fingerprint density at radius 3 is 2.62 bits per heavy atom. The maximum Gasteiger partial charge on any atom is 0.305 e. The molecule has 130 valence electrons. The second-order valence-electron chi connectivity index (χ2n) is 5.83. The van der Waals surface area contributed by atoms with Gasteiger partial charge in [-0.05, 0) is 37.0 Å². The van der Waals surface area contributed by atoms with Crippen LogP contribution >= 0.6 is 11.6 Å². The minimum atomic E-state index is -0.910. The molecule has 1 aliphatic heterocycles. The average molecular weight is 352 g/mol. The molecule has 0 bridgehead atoms. The van der Waals surface area contributed by atoms with Gasteiger partial charge in [-0.1, -0.05) is 29.8 Å². The summed E-state index contributed by atoms with van der Waals surface area (Å²) in [6, 6.07) is 7.35. The van der Waals surface area contributed by atoms with Crippen LogP contribution < -0.4 is 0 Å². The first-order chi connectivity index (χ1) is 11.5. The van der Waals surface area contributed by atoms with Crippen LogP contribution in [-0.2, 0) is 14.3 Å². The summed E-state index contributed by atoms with van der Waals surface area (Å²) in [4.78, 5) is 25.3. The Morgan fingerprint density at radius 2 is 2.00 bits per heavy atom. The Kier molecular flexibility index (Phi) is 6.82. The number of aliphatic carboxylic acids is 1. The number of hydrogen-bond donors (Lipinski definition) is 1. The molecule has 24 heavy (non-hydrogen) atoms. The standard InChI is InChI=1S/C18H22ClNO4/c1-13(15-4-2-3-5-16(15)19)12-17(21)20(9-6-18(22)23)14-7-10-24-11-8-14/h2-5,12,14H,6-11H2,1H3,(H,22,23). The zero-order valence-electron chi connectivity index (χ0n) is 13.7. The summed E-state index contributed by atoms with van der Waals surface area (Å²) in [5.74, 6) is -1.09. The van der Waals surface area contributed by atoms with Gasteiger partial charge in [0.1, 0.15) is 0 Å². The molecule has 5 nitrogen and oxygen atoms in total. The van der Waals surface area contributed by atoms with E-state index in [1.807, 2.05) is 25.1 Å². The highest BCUT2D eigenvalue weighted by molar-refractivity contribution is 6.32. The van der Waals surface area contributed by atoms with Crippen LogP contribution in [0, 0.1) is 0 Å². The third-order valence-corrected chi connectivity index (χ3v) is 4.45. The molecule has 1 amide bonds. The summed E-state index contributed by atoms with van der Waals surface area (Å²) in [5.41, 5.74) is 1.57. The molecule has 0 spiro atoms. The zero-order chi connectivity index (χ0) is 17.5. The first-order valence-corrected chi connectivity index (χ1v) is 8.40. The van der Waals surface area contributed by atoms with Gasteiger partial charge in [-0.15, -0.1) is 0 Å². The number of allylic oxidation sites excluding steroid dienone is 1. The van der Waals surface area contributed by atoms with Crippen molar-refractivity contribution >= 4 is 29.1 Å². The van der Waals surface area contributed by atoms with Gasteiger partial charge in [0.2, 0.25) is 5.91 Å². The Labute approximate surface area is 146 Å². The summed E-state index contributed by atoms with van der Waals surface area (Å²) < 4.78 is 5.33. The highest BCUT2D eigenvalue weighted by Gasteiger charge is 2.25. The molecule has 1 aromatic carbocycles. The number of carbonyl (C=O) groups is 2. The van der Waals surface area contributed by atoms with Gasteiger partial charge in [-0.2, -0.15) is 0 Å². The molecule has 1 saturated heterocycles. The normalized spacial score (nSPS) is 16.0. The van der Waals surface area contributed by atoms with Gasteiger partial charge in [0.15, 0.2) is 0 Å². The number of hydrogen-bond acceptors (Lipinski definition) is 3. The number of benzene rings is 1. The van der Waals surface area contributed by atoms with Crippen LogP contribution in [0.5, 0.6) is 0 Å². The lowest BCUT2D eigenvalue weighted by atomic mass is 10.0. The molecule has 0 radical (unpaired) electrons. The van der Waals surface area contributed by atoms with Crippen LogP contribution in [0.25, 0.3) is 5.57 Å². The van der Waals surface area contributed by atoms with E-state index < -0.39 is 5.97 Å². The molecule has 0 aliphatic carbocycles. The van der Waals surface area contributed by atoms with Crippen molar-refractivity contribution in [3.8, 4) is 0 Å². The van der Waals surface area contributed by atoms with E-state index >= 15 is 0 Å². The van der Waals surface area contributed by atoms with Gasteiger partial charge in [0, 0.05) is 36.9 Å². The van der Waals surface area contributed by atoms with Gasteiger partial charge < -0.3 is 14.7 Å². The number of ether oxygens (including phenoxy) is 1. The summed E-state index contributed by atoms with van der Waals surface area (Å²) in [7, 11) is 0. The third kappa shape index (κ3) is 5.08. The van der Waals surface area contributed by atoms with Gasteiger partial charge >= 0.3 is 5.97 Å². The second kappa shape index (κ2) is 8.85. The molecular weight excluding hydrogens is 330 g/mol. The first kappa shape index (κ1) is 18.5. The summed E-state index contributed by atoms with van der Waals surface area (Å²) in [5, 5.41) is 9.53. The third-order valence-electron chi connectivity index (χ3n) is 4.12. The molecule has 0 aromatic heterocycles. The van der Waals surface area contributed by atoms with Crippen LogP contribution in [0.1, 0.15) is 31.7 Å². The number of amides is 1. The molecule has 1 fully saturated rings. The molecule has 6 heteroatoms. The second-order valence-corrected chi connectivity index (χ2v) is 6.23. The molecular formula is C18H22ClNO4. The lowest BCUT2D eigenvalue weighted by Gasteiger charge is -2.33. The number of halogens is 1. The quantitative estimate of drug-likeness (QED) is 0.799. The topological polar surface area (TPSA) is 66.8 Å². The van der Waals surface area contributed by atoms with Gasteiger partial charge in [0.05, 0.1) is 6.42 Å². The maximum absolute atomic E-state index is 12.7. The molecule has 1 aliphatic rings. The zero-order valence-corrected chi connectivity index (χ0v) is 14.5. The van der Waals surface area contributed by atoms with Crippen molar-refractivity contribution in [2.75, 3.05) is 19.8 Å². The molecule has 0 saturated carbocycles. The first-order valence-electron chi connectivity index (χ1n) is 8.02. The van der Waals surface area contributed by atoms with Crippen molar-refractivity contribution in [2.45, 2.75) is 32.2 Å².